The first-order chi connectivity index (χ1) is 15.3. The van der Waals surface area contributed by atoms with Gasteiger partial charge in [-0.05, 0) is 24.1 Å². The van der Waals surface area contributed by atoms with Crippen LogP contribution in [-0.4, -0.2) is 37.3 Å². The van der Waals surface area contributed by atoms with Crippen LogP contribution < -0.4 is 15.0 Å². The van der Waals surface area contributed by atoms with Crippen LogP contribution in [-0.2, 0) is 22.0 Å². The molecule has 0 aliphatic heterocycles. The van der Waals surface area contributed by atoms with Gasteiger partial charge < -0.3 is 14.6 Å². The highest BCUT2D eigenvalue weighted by molar-refractivity contribution is 7.90. The minimum absolute atomic E-state index is 0.218. The number of ether oxygens (including phenoxy) is 2. The molecule has 0 spiro atoms. The van der Waals surface area contributed by atoms with Crippen molar-refractivity contribution in [2.24, 2.45) is 0 Å². The van der Waals surface area contributed by atoms with Crippen LogP contribution in [0.4, 0.5) is 0 Å². The number of unbranched alkanes of at least 4 members (excludes halogenated alkanes) is 1. The average Bonchev–Trinajstić information content (AvgIpc) is 2.77. The van der Waals surface area contributed by atoms with Crippen molar-refractivity contribution >= 4 is 9.84 Å². The molecule has 3 aromatic rings. The van der Waals surface area contributed by atoms with Crippen LogP contribution in [0.2, 0.25) is 0 Å². The number of aromatic hydroxyl groups is 1. The third-order valence-electron chi connectivity index (χ3n) is 4.98. The summed E-state index contributed by atoms with van der Waals surface area (Å²) in [6.45, 7) is 1.98. The highest BCUT2D eigenvalue weighted by Crippen LogP contribution is 2.33. The van der Waals surface area contributed by atoms with Gasteiger partial charge in [0.25, 0.3) is 5.56 Å². The zero-order valence-corrected chi connectivity index (χ0v) is 19.1. The Hall–Kier alpha value is -3.33. The first-order valence-electron chi connectivity index (χ1n) is 10.2. The molecule has 0 amide bonds. The molecule has 0 saturated heterocycles. The van der Waals surface area contributed by atoms with E-state index in [1.165, 1.54) is 18.8 Å². The molecule has 0 saturated carbocycles. The summed E-state index contributed by atoms with van der Waals surface area (Å²) in [6.07, 6.45) is 1.84. The second-order valence-electron chi connectivity index (χ2n) is 7.18. The summed E-state index contributed by atoms with van der Waals surface area (Å²) in [5, 5.41) is 10.5. The second-order valence-corrected chi connectivity index (χ2v) is 9.11. The maximum atomic E-state index is 13.6. The van der Waals surface area contributed by atoms with Gasteiger partial charge >= 0.3 is 0 Å². The summed E-state index contributed by atoms with van der Waals surface area (Å²) in [4.78, 5) is 17.0. The van der Waals surface area contributed by atoms with Crippen LogP contribution in [0, 0.1) is 0 Å². The molecule has 1 aromatic heterocycles. The number of hydrogen-bond acceptors (Lipinski definition) is 7. The fourth-order valence-electron chi connectivity index (χ4n) is 3.46. The lowest BCUT2D eigenvalue weighted by molar-refractivity contribution is 0.386. The predicted octanol–water partition coefficient (Wildman–Crippen LogP) is 3.27. The Morgan fingerprint density at radius 3 is 2.19 bits per heavy atom. The maximum Gasteiger partial charge on any atom is 0.281 e. The number of aromatic nitrogens is 2. The lowest BCUT2D eigenvalue weighted by Crippen LogP contribution is -2.30. The fourth-order valence-corrected chi connectivity index (χ4v) is 4.92. The van der Waals surface area contributed by atoms with Gasteiger partial charge in [-0.1, -0.05) is 49.7 Å². The fraction of sp³-hybridized carbons (Fsp3) is 0.304. The molecule has 2 aromatic carbocycles. The summed E-state index contributed by atoms with van der Waals surface area (Å²) in [6, 6.07) is 13.4. The molecule has 1 heterocycles. The molecule has 0 radical (unpaired) electrons. The minimum Gasteiger partial charge on any atom is -0.494 e. The zero-order valence-electron chi connectivity index (χ0n) is 18.2. The first-order valence-corrected chi connectivity index (χ1v) is 11.8. The van der Waals surface area contributed by atoms with E-state index >= 15 is 0 Å². The molecular weight excluding hydrogens is 432 g/mol. The van der Waals surface area contributed by atoms with Crippen molar-refractivity contribution in [1.82, 2.24) is 9.55 Å². The number of benzene rings is 2. The van der Waals surface area contributed by atoms with Gasteiger partial charge in [-0.15, -0.1) is 0 Å². The van der Waals surface area contributed by atoms with E-state index in [1.807, 2.05) is 6.92 Å². The van der Waals surface area contributed by atoms with Crippen LogP contribution in [0.1, 0.15) is 31.2 Å². The molecule has 0 aliphatic rings. The van der Waals surface area contributed by atoms with Crippen molar-refractivity contribution < 1.29 is 23.0 Å². The van der Waals surface area contributed by atoms with Gasteiger partial charge in [0.2, 0.25) is 5.88 Å². The Kier molecular flexibility index (Phi) is 7.19. The van der Waals surface area contributed by atoms with E-state index in [0.29, 0.717) is 29.9 Å². The maximum absolute atomic E-state index is 13.6. The van der Waals surface area contributed by atoms with Crippen molar-refractivity contribution in [3.63, 3.8) is 0 Å². The van der Waals surface area contributed by atoms with E-state index in [9.17, 15) is 18.3 Å². The van der Waals surface area contributed by atoms with E-state index in [1.54, 1.807) is 48.5 Å². The normalized spacial score (nSPS) is 11.3. The third kappa shape index (κ3) is 4.62. The quantitative estimate of drug-likeness (QED) is 0.524. The number of sulfone groups is 1. The monoisotopic (exact) mass is 458 g/mol. The molecule has 9 heteroatoms. The molecule has 0 fully saturated rings. The van der Waals surface area contributed by atoms with Gasteiger partial charge in [-0.2, -0.15) is 4.98 Å². The largest absolute Gasteiger partial charge is 0.494 e. The van der Waals surface area contributed by atoms with Crippen LogP contribution in [0.15, 0.2) is 58.2 Å². The summed E-state index contributed by atoms with van der Waals surface area (Å²) < 4.78 is 38.4. The van der Waals surface area contributed by atoms with Gasteiger partial charge in [-0.3, -0.25) is 9.36 Å². The number of hydrogen-bond donors (Lipinski definition) is 1. The molecule has 0 aliphatic carbocycles. The standard InChI is InChI=1S/C23H26N2O6S/c1-4-5-14-19-24-22(26)21(32(28,29)15-16-10-7-6-8-11-16)23(27)25(19)20-17(30-2)12-9-13-18(20)31-3/h6-13,26H,4-5,14-15H2,1-3H3. The van der Waals surface area contributed by atoms with Crippen molar-refractivity contribution in [2.75, 3.05) is 14.2 Å². The SMILES string of the molecule is CCCCc1nc(O)c(S(=O)(=O)Cc2ccccc2)c(=O)n1-c1c(OC)cccc1OC. The van der Waals surface area contributed by atoms with Crippen molar-refractivity contribution in [1.29, 1.82) is 0 Å². The van der Waals surface area contributed by atoms with E-state index in [0.717, 1.165) is 6.42 Å². The Morgan fingerprint density at radius 2 is 1.62 bits per heavy atom. The molecule has 32 heavy (non-hydrogen) atoms. The lowest BCUT2D eigenvalue weighted by Gasteiger charge is -2.19. The summed E-state index contributed by atoms with van der Waals surface area (Å²) in [7, 11) is -1.33. The molecule has 1 N–H and O–H groups in total. The van der Waals surface area contributed by atoms with Gasteiger partial charge in [0.05, 0.1) is 20.0 Å². The average molecular weight is 459 g/mol. The molecule has 0 bridgehead atoms. The zero-order chi connectivity index (χ0) is 23.3. The van der Waals surface area contributed by atoms with Gasteiger partial charge in [-0.25, -0.2) is 8.42 Å². The third-order valence-corrected chi connectivity index (χ3v) is 6.68. The molecule has 8 nitrogen and oxygen atoms in total. The van der Waals surface area contributed by atoms with E-state index in [-0.39, 0.29) is 11.5 Å². The summed E-state index contributed by atoms with van der Waals surface area (Å²) in [5.74, 6) is -0.417. The molecule has 170 valence electrons. The molecular formula is C23H26N2O6S. The highest BCUT2D eigenvalue weighted by Gasteiger charge is 2.30. The molecule has 0 unspecified atom stereocenters. The van der Waals surface area contributed by atoms with Crippen LogP contribution >= 0.6 is 0 Å². The van der Waals surface area contributed by atoms with Crippen molar-refractivity contribution in [2.45, 2.75) is 36.8 Å². The van der Waals surface area contributed by atoms with E-state index < -0.39 is 31.9 Å². The van der Waals surface area contributed by atoms with Crippen molar-refractivity contribution in [3.05, 3.63) is 70.3 Å². The van der Waals surface area contributed by atoms with E-state index in [2.05, 4.69) is 4.98 Å². The molecule has 3 rings (SSSR count). The van der Waals surface area contributed by atoms with Crippen LogP contribution in [0.25, 0.3) is 5.69 Å². The number of para-hydroxylation sites is 1. The Balaban J connectivity index is 2.32. The number of methoxy groups -OCH3 is 2. The van der Waals surface area contributed by atoms with Gasteiger partial charge in [0, 0.05) is 6.42 Å². The second kappa shape index (κ2) is 9.86. The summed E-state index contributed by atoms with van der Waals surface area (Å²) in [5.41, 5.74) is -0.178. The number of nitrogens with zero attached hydrogens (tertiary/aromatic N) is 2. The van der Waals surface area contributed by atoms with Gasteiger partial charge in [0.15, 0.2) is 14.7 Å². The number of rotatable bonds is 9. The molecule has 0 atom stereocenters. The Morgan fingerprint density at radius 1 is 1.00 bits per heavy atom. The first kappa shape index (κ1) is 23.3. The van der Waals surface area contributed by atoms with Crippen molar-refractivity contribution in [3.8, 4) is 23.1 Å². The van der Waals surface area contributed by atoms with Gasteiger partial charge in [0.1, 0.15) is 23.0 Å². The van der Waals surface area contributed by atoms with E-state index in [4.69, 9.17) is 9.47 Å². The highest BCUT2D eigenvalue weighted by atomic mass is 32.2. The smallest absolute Gasteiger partial charge is 0.281 e. The topological polar surface area (TPSA) is 108 Å². The Labute approximate surface area is 187 Å². The number of aryl methyl sites for hydroxylation is 1. The van der Waals surface area contributed by atoms with Crippen LogP contribution in [0.3, 0.4) is 0 Å². The minimum atomic E-state index is -4.21. The Bertz CT molecular complexity index is 1230. The summed E-state index contributed by atoms with van der Waals surface area (Å²) >= 11 is 0. The predicted molar refractivity (Wildman–Crippen MR) is 121 cm³/mol. The van der Waals surface area contributed by atoms with Crippen LogP contribution in [0.5, 0.6) is 17.4 Å². The lowest BCUT2D eigenvalue weighted by atomic mass is 10.2.